The molecule has 1 N–H and O–H groups in total. The van der Waals surface area contributed by atoms with Crippen LogP contribution in [-0.4, -0.2) is 20.9 Å². The molecular formula is C16H9F3N4O2. The topological polar surface area (TPSA) is 77.0 Å². The summed E-state index contributed by atoms with van der Waals surface area (Å²) in [5, 5.41) is 2.29. The highest BCUT2D eigenvalue weighted by atomic mass is 19.2. The van der Waals surface area contributed by atoms with Crippen molar-refractivity contribution in [1.82, 2.24) is 15.0 Å². The Morgan fingerprint density at radius 3 is 2.56 bits per heavy atom. The van der Waals surface area contributed by atoms with Crippen LogP contribution in [0.1, 0.15) is 10.5 Å². The van der Waals surface area contributed by atoms with Crippen LogP contribution in [0.5, 0.6) is 11.5 Å². The minimum atomic E-state index is -1.24. The third-order valence-electron chi connectivity index (χ3n) is 2.97. The number of ether oxygens (including phenoxy) is 1. The number of pyridine rings is 1. The first kappa shape index (κ1) is 16.4. The monoisotopic (exact) mass is 346 g/mol. The number of nitrogens with zero attached hydrogens (tertiary/aromatic N) is 3. The van der Waals surface area contributed by atoms with Gasteiger partial charge in [-0.15, -0.1) is 0 Å². The first-order valence-electron chi connectivity index (χ1n) is 6.88. The van der Waals surface area contributed by atoms with E-state index in [0.717, 1.165) is 30.5 Å². The third-order valence-corrected chi connectivity index (χ3v) is 2.97. The van der Waals surface area contributed by atoms with Crippen LogP contribution in [0.4, 0.5) is 18.9 Å². The summed E-state index contributed by atoms with van der Waals surface area (Å²) in [5.74, 6) is -4.33. The lowest BCUT2D eigenvalue weighted by atomic mass is 10.2. The van der Waals surface area contributed by atoms with Crippen molar-refractivity contribution in [3.63, 3.8) is 0 Å². The number of rotatable bonds is 4. The first-order chi connectivity index (χ1) is 12.0. The van der Waals surface area contributed by atoms with E-state index in [1.165, 1.54) is 18.7 Å². The van der Waals surface area contributed by atoms with Crippen LogP contribution >= 0.6 is 0 Å². The fraction of sp³-hybridized carbons (Fsp3) is 0. The molecule has 0 aliphatic carbocycles. The van der Waals surface area contributed by atoms with E-state index >= 15 is 0 Å². The van der Waals surface area contributed by atoms with E-state index in [1.54, 1.807) is 0 Å². The zero-order valence-corrected chi connectivity index (χ0v) is 12.4. The van der Waals surface area contributed by atoms with Crippen LogP contribution in [0.3, 0.4) is 0 Å². The number of benzene rings is 1. The van der Waals surface area contributed by atoms with Crippen molar-refractivity contribution in [1.29, 1.82) is 0 Å². The Labute approximate surface area is 139 Å². The Hall–Kier alpha value is -3.49. The van der Waals surface area contributed by atoms with Gasteiger partial charge in [0.1, 0.15) is 17.8 Å². The predicted octanol–water partition coefficient (Wildman–Crippen LogP) is 3.33. The lowest BCUT2D eigenvalue weighted by Crippen LogP contribution is -2.14. The maximum absolute atomic E-state index is 13.9. The number of nitrogens with one attached hydrogen (secondary N) is 1. The normalized spacial score (nSPS) is 10.4. The van der Waals surface area contributed by atoms with E-state index in [9.17, 15) is 18.0 Å². The summed E-state index contributed by atoms with van der Waals surface area (Å²) in [6.45, 7) is 0. The van der Waals surface area contributed by atoms with Gasteiger partial charge in [0.15, 0.2) is 17.3 Å². The van der Waals surface area contributed by atoms with Gasteiger partial charge in [0, 0.05) is 30.1 Å². The molecule has 3 aromatic rings. The second-order valence-corrected chi connectivity index (χ2v) is 4.76. The number of anilines is 1. The highest BCUT2D eigenvalue weighted by molar-refractivity contribution is 6.02. The van der Waals surface area contributed by atoms with Crippen molar-refractivity contribution in [2.45, 2.75) is 0 Å². The molecule has 0 aliphatic rings. The molecule has 0 unspecified atom stereocenters. The summed E-state index contributed by atoms with van der Waals surface area (Å²) in [7, 11) is 0. The summed E-state index contributed by atoms with van der Waals surface area (Å²) >= 11 is 0. The molecule has 25 heavy (non-hydrogen) atoms. The molecule has 0 bridgehead atoms. The Morgan fingerprint density at radius 2 is 1.84 bits per heavy atom. The van der Waals surface area contributed by atoms with Gasteiger partial charge < -0.3 is 10.1 Å². The standard InChI is InChI=1S/C16H9F3N4O2/c17-9-1-2-22-13(3-9)16(24)23-10-4-12(18)15(19)14(5-10)25-11-6-20-8-21-7-11/h1-8H,(H,23,24). The maximum Gasteiger partial charge on any atom is 0.274 e. The number of halogens is 3. The number of hydrogen-bond donors (Lipinski definition) is 1. The molecule has 3 rings (SSSR count). The highest BCUT2D eigenvalue weighted by Gasteiger charge is 2.16. The molecule has 2 aromatic heterocycles. The average molecular weight is 346 g/mol. The zero-order chi connectivity index (χ0) is 17.8. The van der Waals surface area contributed by atoms with Crippen LogP contribution in [0, 0.1) is 17.5 Å². The lowest BCUT2D eigenvalue weighted by Gasteiger charge is -2.10. The molecule has 0 fully saturated rings. The van der Waals surface area contributed by atoms with Gasteiger partial charge in [-0.1, -0.05) is 0 Å². The van der Waals surface area contributed by atoms with Gasteiger partial charge >= 0.3 is 0 Å². The van der Waals surface area contributed by atoms with Crippen LogP contribution in [0.25, 0.3) is 0 Å². The van der Waals surface area contributed by atoms with Gasteiger partial charge in [-0.05, 0) is 6.07 Å². The smallest absolute Gasteiger partial charge is 0.274 e. The summed E-state index contributed by atoms with van der Waals surface area (Å²) in [6, 6.07) is 3.82. The molecule has 2 heterocycles. The van der Waals surface area contributed by atoms with Crippen molar-refractivity contribution in [2.75, 3.05) is 5.32 Å². The quantitative estimate of drug-likeness (QED) is 0.784. The van der Waals surface area contributed by atoms with Gasteiger partial charge in [0.25, 0.3) is 5.91 Å². The molecule has 0 radical (unpaired) electrons. The van der Waals surface area contributed by atoms with E-state index in [2.05, 4.69) is 20.3 Å². The third kappa shape index (κ3) is 3.89. The van der Waals surface area contributed by atoms with Crippen molar-refractivity contribution >= 4 is 11.6 Å². The van der Waals surface area contributed by atoms with Crippen molar-refractivity contribution < 1.29 is 22.7 Å². The van der Waals surface area contributed by atoms with Gasteiger partial charge in [-0.3, -0.25) is 9.78 Å². The number of carbonyl (C=O) groups is 1. The molecule has 1 amide bonds. The fourth-order valence-electron chi connectivity index (χ4n) is 1.90. The number of carbonyl (C=O) groups excluding carboxylic acids is 1. The number of hydrogen-bond acceptors (Lipinski definition) is 5. The molecule has 1 aromatic carbocycles. The van der Waals surface area contributed by atoms with Crippen LogP contribution in [0.2, 0.25) is 0 Å². The Balaban J connectivity index is 1.86. The van der Waals surface area contributed by atoms with Gasteiger partial charge in [-0.2, -0.15) is 4.39 Å². The Bertz CT molecular complexity index is 923. The molecule has 0 saturated heterocycles. The van der Waals surface area contributed by atoms with E-state index in [0.29, 0.717) is 0 Å². The van der Waals surface area contributed by atoms with Crippen LogP contribution < -0.4 is 10.1 Å². The minimum absolute atomic E-state index is 0.0797. The van der Waals surface area contributed by atoms with E-state index in [4.69, 9.17) is 4.74 Å². The average Bonchev–Trinajstić information content (AvgIpc) is 2.60. The summed E-state index contributed by atoms with van der Waals surface area (Å²) < 4.78 is 45.9. The Morgan fingerprint density at radius 1 is 1.08 bits per heavy atom. The zero-order valence-electron chi connectivity index (χ0n) is 12.4. The Kier molecular flexibility index (Phi) is 4.55. The van der Waals surface area contributed by atoms with Crippen LogP contribution in [-0.2, 0) is 0 Å². The molecule has 0 atom stereocenters. The molecule has 0 saturated carbocycles. The van der Waals surface area contributed by atoms with E-state index in [1.807, 2.05) is 0 Å². The largest absolute Gasteiger partial charge is 0.451 e. The van der Waals surface area contributed by atoms with Crippen molar-refractivity contribution in [3.05, 3.63) is 72.3 Å². The summed E-state index contributed by atoms with van der Waals surface area (Å²) in [6.07, 6.45) is 4.87. The summed E-state index contributed by atoms with van der Waals surface area (Å²) in [4.78, 5) is 23.1. The summed E-state index contributed by atoms with van der Waals surface area (Å²) in [5.41, 5.74) is -0.314. The molecule has 6 nitrogen and oxygen atoms in total. The second-order valence-electron chi connectivity index (χ2n) is 4.76. The number of aromatic nitrogens is 3. The lowest BCUT2D eigenvalue weighted by molar-refractivity contribution is 0.102. The van der Waals surface area contributed by atoms with Gasteiger partial charge in [0.05, 0.1) is 12.4 Å². The molecule has 9 heteroatoms. The van der Waals surface area contributed by atoms with Crippen molar-refractivity contribution in [2.24, 2.45) is 0 Å². The first-order valence-corrected chi connectivity index (χ1v) is 6.88. The molecular weight excluding hydrogens is 337 g/mol. The van der Waals surface area contributed by atoms with E-state index in [-0.39, 0.29) is 17.1 Å². The van der Waals surface area contributed by atoms with Gasteiger partial charge in [0.2, 0.25) is 5.82 Å². The molecule has 0 aliphatic heterocycles. The molecule has 126 valence electrons. The highest BCUT2D eigenvalue weighted by Crippen LogP contribution is 2.29. The SMILES string of the molecule is O=C(Nc1cc(F)c(F)c(Oc2cncnc2)c1)c1cc(F)ccn1. The second kappa shape index (κ2) is 6.95. The number of amides is 1. The maximum atomic E-state index is 13.9. The predicted molar refractivity (Wildman–Crippen MR) is 80.6 cm³/mol. The fourth-order valence-corrected chi connectivity index (χ4v) is 1.90. The minimum Gasteiger partial charge on any atom is -0.451 e. The molecule has 0 spiro atoms. The van der Waals surface area contributed by atoms with Gasteiger partial charge in [-0.25, -0.2) is 18.7 Å². The van der Waals surface area contributed by atoms with Crippen LogP contribution in [0.15, 0.2) is 49.2 Å². The van der Waals surface area contributed by atoms with Crippen molar-refractivity contribution in [3.8, 4) is 11.5 Å². The van der Waals surface area contributed by atoms with E-state index < -0.39 is 29.1 Å².